The first kappa shape index (κ1) is 18.3. The molecule has 0 aliphatic heterocycles. The number of nitrogens with zero attached hydrogens (tertiary/aromatic N) is 2. The smallest absolute Gasteiger partial charge is 0.294 e. The summed E-state index contributed by atoms with van der Waals surface area (Å²) in [6, 6.07) is 7.47. The topological polar surface area (TPSA) is 60.7 Å². The van der Waals surface area contributed by atoms with Crippen LogP contribution in [0.1, 0.15) is 18.1 Å². The maximum atomic E-state index is 12.6. The first-order chi connectivity index (χ1) is 11.9. The lowest BCUT2D eigenvalue weighted by molar-refractivity contribution is 0.139. The molecule has 0 fully saturated rings. The second-order valence-electron chi connectivity index (χ2n) is 5.64. The largest absolute Gasteiger partial charge is 0.380 e. The fourth-order valence-corrected chi connectivity index (χ4v) is 5.77. The fraction of sp³-hybridized carbons (Fsp3) is 0.353. The van der Waals surface area contributed by atoms with Gasteiger partial charge < -0.3 is 9.30 Å². The molecule has 0 spiro atoms. The molecule has 3 rings (SSSR count). The zero-order valence-corrected chi connectivity index (χ0v) is 16.8. The van der Waals surface area contributed by atoms with Crippen molar-refractivity contribution in [3.8, 4) is 0 Å². The van der Waals surface area contributed by atoms with E-state index in [-0.39, 0.29) is 4.21 Å². The van der Waals surface area contributed by atoms with Gasteiger partial charge in [0.1, 0.15) is 4.21 Å². The number of thiophene rings is 1. The monoisotopic (exact) mass is 396 g/mol. The second kappa shape index (κ2) is 7.41. The van der Waals surface area contributed by atoms with Gasteiger partial charge in [-0.2, -0.15) is 8.42 Å². The van der Waals surface area contributed by atoms with Crippen molar-refractivity contribution in [1.82, 2.24) is 4.57 Å². The van der Waals surface area contributed by atoms with E-state index in [2.05, 4.69) is 30.4 Å². The Bertz CT molecular complexity index is 1040. The van der Waals surface area contributed by atoms with Crippen LogP contribution in [0.3, 0.4) is 0 Å². The van der Waals surface area contributed by atoms with Crippen LogP contribution in [0, 0.1) is 13.8 Å². The highest BCUT2D eigenvalue weighted by Crippen LogP contribution is 2.23. The highest BCUT2D eigenvalue weighted by atomic mass is 32.2. The van der Waals surface area contributed by atoms with Crippen LogP contribution < -0.4 is 4.80 Å². The van der Waals surface area contributed by atoms with E-state index < -0.39 is 10.0 Å². The second-order valence-corrected chi connectivity index (χ2v) is 9.42. The van der Waals surface area contributed by atoms with Gasteiger partial charge in [0, 0.05) is 13.2 Å². The minimum Gasteiger partial charge on any atom is -0.380 e. The first-order valence-corrected chi connectivity index (χ1v) is 11.1. The molecular formula is C17H20N2O3S3. The summed E-state index contributed by atoms with van der Waals surface area (Å²) in [6.45, 7) is 7.75. The molecule has 5 nitrogen and oxygen atoms in total. The number of hydrogen-bond donors (Lipinski definition) is 0. The summed E-state index contributed by atoms with van der Waals surface area (Å²) in [5.41, 5.74) is 3.34. The Morgan fingerprint density at radius 3 is 2.68 bits per heavy atom. The van der Waals surface area contributed by atoms with Crippen molar-refractivity contribution in [2.24, 2.45) is 4.40 Å². The van der Waals surface area contributed by atoms with Gasteiger partial charge in [-0.3, -0.25) is 0 Å². The normalized spacial score (nSPS) is 13.0. The van der Waals surface area contributed by atoms with Gasteiger partial charge in [-0.05, 0) is 55.5 Å². The quantitative estimate of drug-likeness (QED) is 0.597. The number of hydrogen-bond acceptors (Lipinski definition) is 5. The predicted octanol–water partition coefficient (Wildman–Crippen LogP) is 3.71. The Kier molecular flexibility index (Phi) is 5.43. The lowest BCUT2D eigenvalue weighted by Crippen LogP contribution is -2.19. The van der Waals surface area contributed by atoms with Crippen LogP contribution in [0.15, 0.2) is 38.3 Å². The maximum absolute atomic E-state index is 12.6. The van der Waals surface area contributed by atoms with E-state index in [0.29, 0.717) is 24.6 Å². The molecule has 0 amide bonds. The Morgan fingerprint density at radius 1 is 1.24 bits per heavy atom. The van der Waals surface area contributed by atoms with Gasteiger partial charge in [-0.1, -0.05) is 17.4 Å². The molecule has 134 valence electrons. The van der Waals surface area contributed by atoms with Crippen LogP contribution in [0.5, 0.6) is 0 Å². The van der Waals surface area contributed by atoms with E-state index in [4.69, 9.17) is 4.74 Å². The molecule has 0 atom stereocenters. The van der Waals surface area contributed by atoms with Crippen LogP contribution in [-0.4, -0.2) is 26.2 Å². The number of aryl methyl sites for hydroxylation is 2. The number of ether oxygens (including phenoxy) is 1. The maximum Gasteiger partial charge on any atom is 0.294 e. The molecule has 2 aromatic heterocycles. The van der Waals surface area contributed by atoms with Crippen LogP contribution in [-0.2, 0) is 21.3 Å². The molecule has 0 bridgehead atoms. The van der Waals surface area contributed by atoms with E-state index in [9.17, 15) is 8.42 Å². The summed E-state index contributed by atoms with van der Waals surface area (Å²) in [5, 5.41) is 1.74. The SMILES string of the molecule is CCOCCn1/c(=N/S(=O)(=O)c2cccs2)sc2cc(C)c(C)cc21. The predicted molar refractivity (Wildman–Crippen MR) is 103 cm³/mol. The summed E-state index contributed by atoms with van der Waals surface area (Å²) in [6.07, 6.45) is 0. The van der Waals surface area contributed by atoms with Gasteiger partial charge in [-0.25, -0.2) is 0 Å². The van der Waals surface area contributed by atoms with Crippen LogP contribution in [0.4, 0.5) is 0 Å². The van der Waals surface area contributed by atoms with Crippen molar-refractivity contribution in [3.05, 3.63) is 45.6 Å². The molecule has 2 heterocycles. The van der Waals surface area contributed by atoms with Crippen LogP contribution in [0.2, 0.25) is 0 Å². The third-order valence-electron chi connectivity index (χ3n) is 3.91. The summed E-state index contributed by atoms with van der Waals surface area (Å²) in [5.74, 6) is 0. The van der Waals surface area contributed by atoms with Crippen molar-refractivity contribution >= 4 is 42.9 Å². The molecule has 25 heavy (non-hydrogen) atoms. The number of aromatic nitrogens is 1. The number of sulfonamides is 1. The zero-order valence-electron chi connectivity index (χ0n) is 14.4. The number of thiazole rings is 1. The van der Waals surface area contributed by atoms with Gasteiger partial charge in [-0.15, -0.1) is 15.7 Å². The van der Waals surface area contributed by atoms with E-state index in [1.54, 1.807) is 17.5 Å². The van der Waals surface area contributed by atoms with Crippen molar-refractivity contribution in [3.63, 3.8) is 0 Å². The summed E-state index contributed by atoms with van der Waals surface area (Å²) < 4.78 is 37.9. The molecule has 0 aliphatic carbocycles. The number of fused-ring (bicyclic) bond motifs is 1. The summed E-state index contributed by atoms with van der Waals surface area (Å²) in [7, 11) is -3.70. The highest BCUT2D eigenvalue weighted by Gasteiger charge is 2.16. The van der Waals surface area contributed by atoms with E-state index in [1.807, 2.05) is 11.5 Å². The van der Waals surface area contributed by atoms with Gasteiger partial charge in [0.05, 0.1) is 16.8 Å². The molecule has 8 heteroatoms. The molecular weight excluding hydrogens is 376 g/mol. The average Bonchev–Trinajstić information content (AvgIpc) is 3.18. The minimum absolute atomic E-state index is 0.258. The molecule has 0 unspecified atom stereocenters. The Morgan fingerprint density at radius 2 is 2.00 bits per heavy atom. The number of rotatable bonds is 6. The van der Waals surface area contributed by atoms with Gasteiger partial charge in [0.2, 0.25) is 4.80 Å². The molecule has 3 aromatic rings. The molecule has 0 N–H and O–H groups in total. The summed E-state index contributed by atoms with van der Waals surface area (Å²) >= 11 is 2.57. The lowest BCUT2D eigenvalue weighted by atomic mass is 10.1. The first-order valence-electron chi connectivity index (χ1n) is 7.95. The van der Waals surface area contributed by atoms with Gasteiger partial charge >= 0.3 is 0 Å². The van der Waals surface area contributed by atoms with Gasteiger partial charge in [0.25, 0.3) is 10.0 Å². The molecule has 0 aliphatic rings. The Hall–Kier alpha value is -1.48. The summed E-state index contributed by atoms with van der Waals surface area (Å²) in [4.78, 5) is 0.480. The highest BCUT2D eigenvalue weighted by molar-refractivity contribution is 7.92. The zero-order chi connectivity index (χ0) is 18.0. The fourth-order valence-electron chi connectivity index (χ4n) is 2.47. The minimum atomic E-state index is -3.70. The van der Waals surface area contributed by atoms with Crippen LogP contribution in [0.25, 0.3) is 10.2 Å². The van der Waals surface area contributed by atoms with Crippen molar-refractivity contribution in [2.75, 3.05) is 13.2 Å². The van der Waals surface area contributed by atoms with Crippen molar-refractivity contribution < 1.29 is 13.2 Å². The molecule has 1 aromatic carbocycles. The molecule has 0 radical (unpaired) electrons. The molecule has 0 saturated carbocycles. The van der Waals surface area contributed by atoms with E-state index >= 15 is 0 Å². The van der Waals surface area contributed by atoms with Crippen molar-refractivity contribution in [2.45, 2.75) is 31.5 Å². The van der Waals surface area contributed by atoms with Crippen molar-refractivity contribution in [1.29, 1.82) is 0 Å². The third kappa shape index (κ3) is 3.87. The average molecular weight is 397 g/mol. The van der Waals surface area contributed by atoms with E-state index in [1.165, 1.54) is 33.8 Å². The Labute approximate surface area is 155 Å². The number of benzene rings is 1. The van der Waals surface area contributed by atoms with E-state index in [0.717, 1.165) is 10.2 Å². The van der Waals surface area contributed by atoms with Crippen LogP contribution >= 0.6 is 22.7 Å². The third-order valence-corrected chi connectivity index (χ3v) is 7.71. The lowest BCUT2D eigenvalue weighted by Gasteiger charge is -2.07. The Balaban J connectivity index is 2.19. The standard InChI is InChI=1S/C17H20N2O3S3/c1-4-22-8-7-19-14-10-12(2)13(3)11-15(14)24-17(19)18-25(20,21)16-6-5-9-23-16/h5-6,9-11H,4,7-8H2,1-3H3/b18-17-. The molecule has 0 saturated heterocycles. The van der Waals surface area contributed by atoms with Gasteiger partial charge in [0.15, 0.2) is 0 Å².